The summed E-state index contributed by atoms with van der Waals surface area (Å²) in [6.07, 6.45) is 3.79. The van der Waals surface area contributed by atoms with E-state index in [-0.39, 0.29) is 12.5 Å². The van der Waals surface area contributed by atoms with E-state index in [4.69, 9.17) is 0 Å². The molecule has 0 atom stereocenters. The highest BCUT2D eigenvalue weighted by atomic mass is 79.9. The van der Waals surface area contributed by atoms with Crippen LogP contribution < -0.4 is 5.32 Å². The zero-order chi connectivity index (χ0) is 18.8. The van der Waals surface area contributed by atoms with Gasteiger partial charge in [-0.25, -0.2) is 4.98 Å². The Bertz CT molecular complexity index is 1100. The van der Waals surface area contributed by atoms with Crippen molar-refractivity contribution in [2.45, 2.75) is 20.0 Å². The van der Waals surface area contributed by atoms with Crippen LogP contribution in [0.4, 0.5) is 0 Å². The van der Waals surface area contributed by atoms with Crippen molar-refractivity contribution in [2.75, 3.05) is 0 Å². The Kier molecular flexibility index (Phi) is 4.68. The quantitative estimate of drug-likeness (QED) is 0.529. The second-order valence-corrected chi connectivity index (χ2v) is 7.05. The number of aryl methyl sites for hydroxylation is 1. The molecule has 0 fully saturated rings. The Morgan fingerprint density at radius 3 is 2.78 bits per heavy atom. The van der Waals surface area contributed by atoms with Gasteiger partial charge in [-0.05, 0) is 40.2 Å². The van der Waals surface area contributed by atoms with Gasteiger partial charge in [0, 0.05) is 22.4 Å². The summed E-state index contributed by atoms with van der Waals surface area (Å²) in [6.45, 7) is 2.34. The molecule has 0 radical (unpaired) electrons. The molecule has 9 heteroatoms. The first-order chi connectivity index (χ1) is 13.1. The number of fused-ring (bicyclic) bond motifs is 1. The average Bonchev–Trinajstić information content (AvgIpc) is 3.27. The van der Waals surface area contributed by atoms with Crippen molar-refractivity contribution in [1.29, 1.82) is 0 Å². The van der Waals surface area contributed by atoms with Crippen LogP contribution in [0.1, 0.15) is 11.3 Å². The number of nitrogens with zero attached hydrogens (tertiary/aromatic N) is 6. The normalized spacial score (nSPS) is 11.0. The lowest BCUT2D eigenvalue weighted by Gasteiger charge is -2.01. The lowest BCUT2D eigenvalue weighted by Crippen LogP contribution is -2.28. The summed E-state index contributed by atoms with van der Waals surface area (Å²) < 4.78 is 2.86. The number of benzene rings is 1. The predicted molar refractivity (Wildman–Crippen MR) is 103 cm³/mol. The highest BCUT2D eigenvalue weighted by Crippen LogP contribution is 2.14. The SMILES string of the molecule is Cc1ccc(-c2nnn(CC(=O)NCc3cn4cc(Br)ccc4n3)n2)cc1. The van der Waals surface area contributed by atoms with Crippen LogP contribution in [0.25, 0.3) is 17.0 Å². The summed E-state index contributed by atoms with van der Waals surface area (Å²) >= 11 is 3.42. The molecule has 4 rings (SSSR count). The molecule has 27 heavy (non-hydrogen) atoms. The predicted octanol–water partition coefficient (Wildman–Crippen LogP) is 2.38. The molecule has 0 aliphatic carbocycles. The van der Waals surface area contributed by atoms with Gasteiger partial charge in [-0.1, -0.05) is 29.8 Å². The number of rotatable bonds is 5. The first-order valence-electron chi connectivity index (χ1n) is 8.31. The van der Waals surface area contributed by atoms with Crippen LogP contribution in [0.3, 0.4) is 0 Å². The van der Waals surface area contributed by atoms with E-state index < -0.39 is 0 Å². The Hall–Kier alpha value is -3.07. The van der Waals surface area contributed by atoms with E-state index in [1.165, 1.54) is 4.80 Å². The third kappa shape index (κ3) is 4.03. The summed E-state index contributed by atoms with van der Waals surface area (Å²) in [5.74, 6) is 0.287. The molecule has 1 aromatic carbocycles. The number of tetrazole rings is 1. The van der Waals surface area contributed by atoms with E-state index in [2.05, 4.69) is 41.6 Å². The number of carbonyl (C=O) groups excluding carboxylic acids is 1. The van der Waals surface area contributed by atoms with E-state index in [0.717, 1.165) is 26.9 Å². The molecule has 3 aromatic heterocycles. The van der Waals surface area contributed by atoms with Crippen molar-refractivity contribution in [2.24, 2.45) is 0 Å². The molecule has 0 bridgehead atoms. The van der Waals surface area contributed by atoms with Gasteiger partial charge in [-0.15, -0.1) is 10.2 Å². The van der Waals surface area contributed by atoms with Crippen LogP contribution in [0.5, 0.6) is 0 Å². The van der Waals surface area contributed by atoms with E-state index in [9.17, 15) is 4.79 Å². The third-order valence-electron chi connectivity index (χ3n) is 3.98. The van der Waals surface area contributed by atoms with Gasteiger partial charge >= 0.3 is 0 Å². The van der Waals surface area contributed by atoms with Gasteiger partial charge < -0.3 is 9.72 Å². The van der Waals surface area contributed by atoms with Gasteiger partial charge in [0.2, 0.25) is 11.7 Å². The smallest absolute Gasteiger partial charge is 0.244 e. The Morgan fingerprint density at radius 2 is 1.96 bits per heavy atom. The van der Waals surface area contributed by atoms with Gasteiger partial charge in [0.15, 0.2) is 0 Å². The zero-order valence-corrected chi connectivity index (χ0v) is 16.1. The van der Waals surface area contributed by atoms with E-state index in [1.807, 2.05) is 60.1 Å². The Balaban J connectivity index is 1.37. The summed E-state index contributed by atoms with van der Waals surface area (Å²) in [6, 6.07) is 11.7. The lowest BCUT2D eigenvalue weighted by molar-refractivity contribution is -0.122. The van der Waals surface area contributed by atoms with Gasteiger partial charge in [0.25, 0.3) is 0 Å². The van der Waals surface area contributed by atoms with Crippen molar-refractivity contribution in [1.82, 2.24) is 34.9 Å². The molecule has 136 valence electrons. The minimum atomic E-state index is -0.207. The Labute approximate surface area is 163 Å². The molecule has 8 nitrogen and oxygen atoms in total. The highest BCUT2D eigenvalue weighted by Gasteiger charge is 2.10. The van der Waals surface area contributed by atoms with Crippen LogP contribution in [0.15, 0.2) is 53.3 Å². The number of aromatic nitrogens is 6. The van der Waals surface area contributed by atoms with Crippen LogP contribution in [0.2, 0.25) is 0 Å². The van der Waals surface area contributed by atoms with E-state index >= 15 is 0 Å². The molecule has 3 heterocycles. The molecular formula is C18H16BrN7O. The zero-order valence-electron chi connectivity index (χ0n) is 14.5. The average molecular weight is 426 g/mol. The number of pyridine rings is 1. The van der Waals surface area contributed by atoms with Crippen LogP contribution in [-0.2, 0) is 17.9 Å². The van der Waals surface area contributed by atoms with E-state index in [1.54, 1.807) is 0 Å². The fraction of sp³-hybridized carbons (Fsp3) is 0.167. The van der Waals surface area contributed by atoms with Crippen LogP contribution in [-0.4, -0.2) is 35.5 Å². The molecule has 1 N–H and O–H groups in total. The fourth-order valence-corrected chi connectivity index (χ4v) is 2.96. The van der Waals surface area contributed by atoms with Crippen LogP contribution >= 0.6 is 15.9 Å². The maximum atomic E-state index is 12.2. The highest BCUT2D eigenvalue weighted by molar-refractivity contribution is 9.10. The molecule has 0 saturated carbocycles. The number of nitrogens with one attached hydrogen (secondary N) is 1. The summed E-state index contributed by atoms with van der Waals surface area (Å²) in [4.78, 5) is 17.9. The molecular weight excluding hydrogens is 410 g/mol. The number of imidazole rings is 1. The number of hydrogen-bond acceptors (Lipinski definition) is 5. The first kappa shape index (κ1) is 17.3. The van der Waals surface area contributed by atoms with Crippen molar-refractivity contribution in [3.05, 3.63) is 64.5 Å². The summed E-state index contributed by atoms with van der Waals surface area (Å²) in [5.41, 5.74) is 3.62. The number of carbonyl (C=O) groups is 1. The van der Waals surface area contributed by atoms with E-state index in [0.29, 0.717) is 12.4 Å². The molecule has 4 aromatic rings. The second-order valence-electron chi connectivity index (χ2n) is 6.13. The van der Waals surface area contributed by atoms with Crippen molar-refractivity contribution >= 4 is 27.5 Å². The maximum absolute atomic E-state index is 12.2. The fourth-order valence-electron chi connectivity index (χ4n) is 2.60. The minimum absolute atomic E-state index is 0.00220. The van der Waals surface area contributed by atoms with Gasteiger partial charge in [0.1, 0.15) is 12.2 Å². The number of hydrogen-bond donors (Lipinski definition) is 1. The van der Waals surface area contributed by atoms with Gasteiger partial charge in [-0.2, -0.15) is 4.80 Å². The molecule has 0 aliphatic heterocycles. The molecule has 1 amide bonds. The minimum Gasteiger partial charge on any atom is -0.349 e. The topological polar surface area (TPSA) is 90.0 Å². The second kappa shape index (κ2) is 7.28. The summed E-state index contributed by atoms with van der Waals surface area (Å²) in [5, 5.41) is 15.0. The molecule has 0 spiro atoms. The van der Waals surface area contributed by atoms with Gasteiger partial charge in [0.05, 0.1) is 12.2 Å². The molecule has 0 saturated heterocycles. The maximum Gasteiger partial charge on any atom is 0.244 e. The Morgan fingerprint density at radius 1 is 1.15 bits per heavy atom. The van der Waals surface area contributed by atoms with Crippen LogP contribution in [0, 0.1) is 6.92 Å². The number of amides is 1. The van der Waals surface area contributed by atoms with Crippen molar-refractivity contribution < 1.29 is 4.79 Å². The largest absolute Gasteiger partial charge is 0.349 e. The third-order valence-corrected chi connectivity index (χ3v) is 4.45. The molecule has 0 unspecified atom stereocenters. The number of halogens is 1. The summed E-state index contributed by atoms with van der Waals surface area (Å²) in [7, 11) is 0. The monoisotopic (exact) mass is 425 g/mol. The molecule has 0 aliphatic rings. The van der Waals surface area contributed by atoms with Gasteiger partial charge in [-0.3, -0.25) is 4.79 Å². The van der Waals surface area contributed by atoms with Crippen molar-refractivity contribution in [3.63, 3.8) is 0 Å². The van der Waals surface area contributed by atoms with Crippen molar-refractivity contribution in [3.8, 4) is 11.4 Å². The standard InChI is InChI=1S/C18H16BrN7O/c1-12-2-4-13(5-3-12)18-22-24-26(23-18)11-17(27)20-8-15-10-25-9-14(19)6-7-16(25)21-15/h2-7,9-10H,8,11H2,1H3,(H,20,27). The lowest BCUT2D eigenvalue weighted by atomic mass is 10.1. The first-order valence-corrected chi connectivity index (χ1v) is 9.11.